The zero-order chi connectivity index (χ0) is 15.4. The van der Waals surface area contributed by atoms with E-state index in [0.717, 1.165) is 16.8 Å². The summed E-state index contributed by atoms with van der Waals surface area (Å²) in [7, 11) is 0. The van der Waals surface area contributed by atoms with Gasteiger partial charge in [-0.05, 0) is 30.2 Å². The predicted octanol–water partition coefficient (Wildman–Crippen LogP) is 3.37. The average Bonchev–Trinajstić information content (AvgIpc) is 3.00. The third kappa shape index (κ3) is 3.04. The molecule has 22 heavy (non-hydrogen) atoms. The number of carbonyl (C=O) groups excluding carboxylic acids is 1. The van der Waals surface area contributed by atoms with Crippen molar-refractivity contribution in [3.8, 4) is 0 Å². The Kier molecular flexibility index (Phi) is 4.25. The molecule has 3 aromatic rings. The molecule has 2 aromatic heterocycles. The van der Waals surface area contributed by atoms with Crippen molar-refractivity contribution in [2.45, 2.75) is 13.0 Å². The van der Waals surface area contributed by atoms with Gasteiger partial charge in [0, 0.05) is 12.4 Å². The molecular formula is C17H15N3OS. The van der Waals surface area contributed by atoms with E-state index in [4.69, 9.17) is 0 Å². The van der Waals surface area contributed by atoms with Gasteiger partial charge in [-0.1, -0.05) is 30.3 Å². The topological polar surface area (TPSA) is 54.9 Å². The van der Waals surface area contributed by atoms with Crippen LogP contribution >= 0.6 is 11.3 Å². The third-order valence-electron chi connectivity index (χ3n) is 3.40. The Morgan fingerprint density at radius 2 is 1.77 bits per heavy atom. The molecule has 1 N–H and O–H groups in total. The molecule has 1 amide bonds. The van der Waals surface area contributed by atoms with Gasteiger partial charge in [-0.15, -0.1) is 11.3 Å². The molecule has 0 aliphatic rings. The van der Waals surface area contributed by atoms with Crippen LogP contribution in [0.2, 0.25) is 0 Å². The molecule has 0 bridgehead atoms. The van der Waals surface area contributed by atoms with Crippen molar-refractivity contribution in [2.75, 3.05) is 0 Å². The van der Waals surface area contributed by atoms with E-state index in [1.807, 2.05) is 49.4 Å². The molecule has 5 heteroatoms. The van der Waals surface area contributed by atoms with Crippen LogP contribution in [-0.2, 0) is 0 Å². The maximum Gasteiger partial charge on any atom is 0.264 e. The number of aryl methyl sites for hydroxylation is 1. The SMILES string of the molecule is Cc1ncsc1C(=O)NC(c1ccccc1)c1ccncc1. The van der Waals surface area contributed by atoms with Gasteiger partial charge >= 0.3 is 0 Å². The molecule has 0 radical (unpaired) electrons. The van der Waals surface area contributed by atoms with Crippen molar-refractivity contribution in [3.63, 3.8) is 0 Å². The number of pyridine rings is 1. The van der Waals surface area contributed by atoms with Crippen molar-refractivity contribution in [1.82, 2.24) is 15.3 Å². The van der Waals surface area contributed by atoms with Crippen LogP contribution in [0.3, 0.4) is 0 Å². The van der Waals surface area contributed by atoms with Gasteiger partial charge in [0.15, 0.2) is 0 Å². The molecule has 0 aliphatic heterocycles. The lowest BCUT2D eigenvalue weighted by atomic mass is 9.99. The Morgan fingerprint density at radius 1 is 1.09 bits per heavy atom. The van der Waals surface area contributed by atoms with Crippen LogP contribution in [0.1, 0.15) is 32.5 Å². The number of nitrogens with one attached hydrogen (secondary N) is 1. The molecular weight excluding hydrogens is 294 g/mol. The van der Waals surface area contributed by atoms with Gasteiger partial charge in [-0.3, -0.25) is 9.78 Å². The Morgan fingerprint density at radius 3 is 2.41 bits per heavy atom. The summed E-state index contributed by atoms with van der Waals surface area (Å²) < 4.78 is 0. The van der Waals surface area contributed by atoms with Crippen molar-refractivity contribution < 1.29 is 4.79 Å². The summed E-state index contributed by atoms with van der Waals surface area (Å²) in [5, 5.41) is 3.10. The molecule has 4 nitrogen and oxygen atoms in total. The van der Waals surface area contributed by atoms with Gasteiger partial charge in [-0.25, -0.2) is 4.98 Å². The van der Waals surface area contributed by atoms with Crippen LogP contribution in [0.25, 0.3) is 0 Å². The van der Waals surface area contributed by atoms with Crippen molar-refractivity contribution >= 4 is 17.2 Å². The number of nitrogens with zero attached hydrogens (tertiary/aromatic N) is 2. The second-order valence-electron chi connectivity index (χ2n) is 4.86. The van der Waals surface area contributed by atoms with E-state index in [-0.39, 0.29) is 11.9 Å². The fourth-order valence-corrected chi connectivity index (χ4v) is 2.98. The van der Waals surface area contributed by atoms with Crippen LogP contribution in [0, 0.1) is 6.92 Å². The normalized spacial score (nSPS) is 11.9. The highest BCUT2D eigenvalue weighted by atomic mass is 32.1. The van der Waals surface area contributed by atoms with Gasteiger partial charge in [0.1, 0.15) is 4.88 Å². The number of rotatable bonds is 4. The lowest BCUT2D eigenvalue weighted by Crippen LogP contribution is -2.29. The maximum absolute atomic E-state index is 12.5. The highest BCUT2D eigenvalue weighted by Gasteiger charge is 2.19. The molecule has 0 saturated carbocycles. The number of hydrogen-bond donors (Lipinski definition) is 1. The summed E-state index contributed by atoms with van der Waals surface area (Å²) in [4.78, 5) is 21.4. The van der Waals surface area contributed by atoms with E-state index in [9.17, 15) is 4.79 Å². The van der Waals surface area contributed by atoms with Gasteiger partial charge in [0.2, 0.25) is 0 Å². The van der Waals surface area contributed by atoms with Crippen LogP contribution in [-0.4, -0.2) is 15.9 Å². The monoisotopic (exact) mass is 309 g/mol. The number of aromatic nitrogens is 2. The first-order valence-corrected chi connectivity index (χ1v) is 7.79. The maximum atomic E-state index is 12.5. The number of carbonyl (C=O) groups is 1. The Bertz CT molecular complexity index is 716. The quantitative estimate of drug-likeness (QED) is 0.804. The fourth-order valence-electron chi connectivity index (χ4n) is 2.28. The molecule has 1 aromatic carbocycles. The number of benzene rings is 1. The Hall–Kier alpha value is -2.53. The lowest BCUT2D eigenvalue weighted by molar-refractivity contribution is 0.0946. The zero-order valence-electron chi connectivity index (χ0n) is 12.1. The van der Waals surface area contributed by atoms with Crippen molar-refractivity contribution in [2.24, 2.45) is 0 Å². The summed E-state index contributed by atoms with van der Waals surface area (Å²) in [6, 6.07) is 13.5. The van der Waals surface area contributed by atoms with Gasteiger partial charge in [0.05, 0.1) is 17.2 Å². The summed E-state index contributed by atoms with van der Waals surface area (Å²) in [6.45, 7) is 1.84. The lowest BCUT2D eigenvalue weighted by Gasteiger charge is -2.19. The number of thiazole rings is 1. The minimum absolute atomic E-state index is 0.106. The minimum atomic E-state index is -0.210. The molecule has 110 valence electrons. The second-order valence-corrected chi connectivity index (χ2v) is 5.72. The average molecular weight is 309 g/mol. The first-order chi connectivity index (χ1) is 10.8. The van der Waals surface area contributed by atoms with Crippen molar-refractivity contribution in [1.29, 1.82) is 0 Å². The van der Waals surface area contributed by atoms with E-state index in [2.05, 4.69) is 15.3 Å². The second kappa shape index (κ2) is 6.49. The smallest absolute Gasteiger partial charge is 0.264 e. The third-order valence-corrected chi connectivity index (χ3v) is 4.33. The Labute approximate surface area is 132 Å². The molecule has 0 saturated heterocycles. The van der Waals surface area contributed by atoms with E-state index in [1.165, 1.54) is 11.3 Å². The highest BCUT2D eigenvalue weighted by molar-refractivity contribution is 7.11. The molecule has 1 unspecified atom stereocenters. The zero-order valence-corrected chi connectivity index (χ0v) is 12.9. The Balaban J connectivity index is 1.93. The summed E-state index contributed by atoms with van der Waals surface area (Å²) >= 11 is 1.35. The van der Waals surface area contributed by atoms with Crippen LogP contribution in [0.5, 0.6) is 0 Å². The van der Waals surface area contributed by atoms with E-state index >= 15 is 0 Å². The standard InChI is InChI=1S/C17H15N3OS/c1-12-16(22-11-19-12)17(21)20-15(13-5-3-2-4-6-13)14-7-9-18-10-8-14/h2-11,15H,1H3,(H,20,21). The molecule has 1 atom stereocenters. The van der Waals surface area contributed by atoms with Crippen LogP contribution < -0.4 is 5.32 Å². The predicted molar refractivity (Wildman–Crippen MR) is 86.8 cm³/mol. The number of hydrogen-bond acceptors (Lipinski definition) is 4. The molecule has 0 aliphatic carbocycles. The van der Waals surface area contributed by atoms with E-state index < -0.39 is 0 Å². The van der Waals surface area contributed by atoms with Gasteiger partial charge in [-0.2, -0.15) is 0 Å². The van der Waals surface area contributed by atoms with Crippen LogP contribution in [0.15, 0.2) is 60.4 Å². The highest BCUT2D eigenvalue weighted by Crippen LogP contribution is 2.23. The number of amides is 1. The fraction of sp³-hybridized carbons (Fsp3) is 0.118. The largest absolute Gasteiger partial charge is 0.340 e. The minimum Gasteiger partial charge on any atom is -0.340 e. The summed E-state index contributed by atoms with van der Waals surface area (Å²) in [5.74, 6) is -0.106. The summed E-state index contributed by atoms with van der Waals surface area (Å²) in [5.41, 5.74) is 4.47. The molecule has 0 spiro atoms. The molecule has 3 rings (SSSR count). The molecule has 2 heterocycles. The van der Waals surface area contributed by atoms with Gasteiger partial charge < -0.3 is 5.32 Å². The van der Waals surface area contributed by atoms with E-state index in [0.29, 0.717) is 4.88 Å². The van der Waals surface area contributed by atoms with E-state index in [1.54, 1.807) is 17.9 Å². The van der Waals surface area contributed by atoms with Crippen molar-refractivity contribution in [3.05, 3.63) is 82.1 Å². The molecule has 0 fully saturated rings. The first kappa shape index (κ1) is 14.4. The van der Waals surface area contributed by atoms with Gasteiger partial charge in [0.25, 0.3) is 5.91 Å². The first-order valence-electron chi connectivity index (χ1n) is 6.91. The van der Waals surface area contributed by atoms with Crippen LogP contribution in [0.4, 0.5) is 0 Å². The summed E-state index contributed by atoms with van der Waals surface area (Å²) in [6.07, 6.45) is 3.46.